The van der Waals surface area contributed by atoms with Gasteiger partial charge in [0.15, 0.2) is 0 Å². The number of fused-ring (bicyclic) bond motifs is 4. The van der Waals surface area contributed by atoms with Crippen molar-refractivity contribution in [3.8, 4) is 0 Å². The topological polar surface area (TPSA) is 42.3 Å². The highest BCUT2D eigenvalue weighted by Crippen LogP contribution is 2.43. The predicted octanol–water partition coefficient (Wildman–Crippen LogP) is 5.05. The molecule has 4 nitrogen and oxygen atoms in total. The van der Waals surface area contributed by atoms with E-state index in [9.17, 15) is 9.59 Å². The fourth-order valence-electron chi connectivity index (χ4n) is 5.04. The summed E-state index contributed by atoms with van der Waals surface area (Å²) in [4.78, 5) is 28.0. The van der Waals surface area contributed by atoms with Gasteiger partial charge in [0.2, 0.25) is 0 Å². The summed E-state index contributed by atoms with van der Waals surface area (Å²) in [5, 5.41) is 0.680. The van der Waals surface area contributed by atoms with Crippen LogP contribution in [0.25, 0.3) is 0 Å². The average molecular weight is 413 g/mol. The van der Waals surface area contributed by atoms with E-state index in [4.69, 9.17) is 11.6 Å². The van der Waals surface area contributed by atoms with E-state index in [1.807, 2.05) is 34.6 Å². The van der Waals surface area contributed by atoms with Crippen molar-refractivity contribution < 1.29 is 4.79 Å². The van der Waals surface area contributed by atoms with Crippen molar-refractivity contribution in [1.29, 1.82) is 0 Å². The highest BCUT2D eigenvalue weighted by atomic mass is 35.5. The summed E-state index contributed by atoms with van der Waals surface area (Å²) in [6.07, 6.45) is 3.11. The first-order chi connectivity index (χ1) is 13.8. The van der Waals surface area contributed by atoms with Crippen LogP contribution in [0.2, 0.25) is 5.02 Å². The van der Waals surface area contributed by atoms with E-state index in [0.29, 0.717) is 35.5 Å². The van der Waals surface area contributed by atoms with Crippen molar-refractivity contribution in [1.82, 2.24) is 9.47 Å². The smallest absolute Gasteiger partial charge is 0.253 e. The zero-order valence-electron chi connectivity index (χ0n) is 17.4. The quantitative estimate of drug-likeness (QED) is 0.705. The lowest BCUT2D eigenvalue weighted by atomic mass is 9.76. The van der Waals surface area contributed by atoms with Crippen LogP contribution in [0.3, 0.4) is 0 Å². The molecule has 29 heavy (non-hydrogen) atoms. The Morgan fingerprint density at radius 3 is 2.72 bits per heavy atom. The monoisotopic (exact) mass is 412 g/mol. The molecule has 3 atom stereocenters. The molecule has 0 saturated carbocycles. The van der Waals surface area contributed by atoms with Gasteiger partial charge in [-0.05, 0) is 67.9 Å². The first-order valence-corrected chi connectivity index (χ1v) is 11.0. The summed E-state index contributed by atoms with van der Waals surface area (Å²) in [7, 11) is 0. The number of aryl methyl sites for hydroxylation is 1. The highest BCUT2D eigenvalue weighted by molar-refractivity contribution is 6.31. The number of nitrogens with zero attached hydrogens (tertiary/aromatic N) is 2. The fraction of sp³-hybridized carbons (Fsp3) is 0.500. The summed E-state index contributed by atoms with van der Waals surface area (Å²) >= 11 is 6.14. The Kier molecular flexibility index (Phi) is 5.56. The second kappa shape index (κ2) is 7.98. The van der Waals surface area contributed by atoms with Gasteiger partial charge in [0, 0.05) is 47.4 Å². The predicted molar refractivity (Wildman–Crippen MR) is 117 cm³/mol. The number of benzene rings is 1. The van der Waals surface area contributed by atoms with Crippen molar-refractivity contribution in [2.24, 2.45) is 11.8 Å². The van der Waals surface area contributed by atoms with Gasteiger partial charge >= 0.3 is 0 Å². The lowest BCUT2D eigenvalue weighted by Crippen LogP contribution is -2.51. The maximum absolute atomic E-state index is 13.3. The zero-order chi connectivity index (χ0) is 20.7. The molecule has 154 valence electrons. The SMILES string of the molecule is Cc1cc(C(=O)N2C[C@H]3C[C@@H](C2)[C@H](CCC(C)C)n2c3cccc2=O)ccc1Cl. The number of hydrogen-bond donors (Lipinski definition) is 0. The van der Waals surface area contributed by atoms with Crippen molar-refractivity contribution in [2.75, 3.05) is 13.1 Å². The van der Waals surface area contributed by atoms with E-state index in [1.165, 1.54) is 0 Å². The maximum Gasteiger partial charge on any atom is 0.253 e. The minimum absolute atomic E-state index is 0.0637. The van der Waals surface area contributed by atoms with Gasteiger partial charge in [-0.2, -0.15) is 0 Å². The molecule has 1 aromatic heterocycles. The number of halogens is 1. The summed E-state index contributed by atoms with van der Waals surface area (Å²) in [5.74, 6) is 1.19. The van der Waals surface area contributed by atoms with Gasteiger partial charge in [0.25, 0.3) is 11.5 Å². The van der Waals surface area contributed by atoms with Crippen LogP contribution in [0.4, 0.5) is 0 Å². The van der Waals surface area contributed by atoms with Crippen LogP contribution < -0.4 is 5.56 Å². The molecule has 1 saturated heterocycles. The Bertz CT molecular complexity index is 981. The van der Waals surface area contributed by atoms with Crippen molar-refractivity contribution in [3.63, 3.8) is 0 Å². The third-order valence-electron chi connectivity index (χ3n) is 6.53. The van der Waals surface area contributed by atoms with Gasteiger partial charge in [0.05, 0.1) is 0 Å². The van der Waals surface area contributed by atoms with Crippen LogP contribution in [0.1, 0.15) is 66.7 Å². The average Bonchev–Trinajstić information content (AvgIpc) is 2.69. The Morgan fingerprint density at radius 1 is 1.21 bits per heavy atom. The van der Waals surface area contributed by atoms with Crippen molar-refractivity contribution >= 4 is 17.5 Å². The van der Waals surface area contributed by atoms with E-state index in [2.05, 4.69) is 19.9 Å². The minimum atomic E-state index is 0.0637. The summed E-state index contributed by atoms with van der Waals surface area (Å²) < 4.78 is 2.04. The molecule has 2 aromatic rings. The molecule has 1 aromatic carbocycles. The number of amides is 1. The van der Waals surface area contributed by atoms with Gasteiger partial charge in [-0.3, -0.25) is 9.59 Å². The maximum atomic E-state index is 13.3. The van der Waals surface area contributed by atoms with E-state index in [1.54, 1.807) is 12.1 Å². The molecule has 0 N–H and O–H groups in total. The molecule has 1 amide bonds. The first-order valence-electron chi connectivity index (χ1n) is 10.6. The number of pyridine rings is 1. The molecule has 1 fully saturated rings. The molecule has 5 heteroatoms. The van der Waals surface area contributed by atoms with Crippen LogP contribution in [-0.4, -0.2) is 28.5 Å². The van der Waals surface area contributed by atoms with Crippen LogP contribution in [0.15, 0.2) is 41.2 Å². The van der Waals surface area contributed by atoms with E-state index < -0.39 is 0 Å². The van der Waals surface area contributed by atoms with E-state index >= 15 is 0 Å². The van der Waals surface area contributed by atoms with Crippen LogP contribution >= 0.6 is 11.6 Å². The van der Waals surface area contributed by atoms with Crippen LogP contribution in [0, 0.1) is 18.8 Å². The summed E-state index contributed by atoms with van der Waals surface area (Å²) in [5.41, 5.74) is 2.80. The number of carbonyl (C=O) groups excluding carboxylic acids is 1. The highest BCUT2D eigenvalue weighted by Gasteiger charge is 2.41. The molecule has 3 heterocycles. The largest absolute Gasteiger partial charge is 0.338 e. The molecule has 0 aliphatic carbocycles. The third kappa shape index (κ3) is 3.87. The van der Waals surface area contributed by atoms with E-state index in [-0.39, 0.29) is 23.4 Å². The number of piperidine rings is 1. The molecule has 2 aliphatic heterocycles. The fourth-order valence-corrected chi connectivity index (χ4v) is 5.16. The van der Waals surface area contributed by atoms with Crippen molar-refractivity contribution in [2.45, 2.75) is 52.0 Å². The summed E-state index contributed by atoms with van der Waals surface area (Å²) in [6, 6.07) is 11.3. The van der Waals surface area contributed by atoms with Gasteiger partial charge in [0.1, 0.15) is 0 Å². The van der Waals surface area contributed by atoms with Crippen LogP contribution in [0.5, 0.6) is 0 Å². The molecule has 0 unspecified atom stereocenters. The lowest BCUT2D eigenvalue weighted by Gasteiger charge is -2.47. The normalized spacial score (nSPS) is 23.2. The molecular weight excluding hydrogens is 384 g/mol. The molecule has 4 rings (SSSR count). The number of rotatable bonds is 4. The molecular formula is C24H29ClN2O2. The first kappa shape index (κ1) is 20.2. The van der Waals surface area contributed by atoms with Crippen LogP contribution in [-0.2, 0) is 0 Å². The van der Waals surface area contributed by atoms with Gasteiger partial charge in [-0.25, -0.2) is 0 Å². The number of likely N-dealkylation sites (tertiary alicyclic amines) is 1. The van der Waals surface area contributed by atoms with E-state index in [0.717, 1.165) is 30.5 Å². The standard InChI is InChI=1S/C24H29ClN2O2/c1-15(2)7-10-22-19-12-18(21-5-4-6-23(28)27(21)22)13-26(14-19)24(29)17-8-9-20(25)16(3)11-17/h4-6,8-9,11,15,18-19,22H,7,10,12-14H2,1-3H3/t18-,19+,22+/m1/s1. The number of aromatic nitrogens is 1. The van der Waals surface area contributed by atoms with Gasteiger partial charge in [-0.15, -0.1) is 0 Å². The Balaban J connectivity index is 1.66. The second-order valence-electron chi connectivity index (χ2n) is 9.06. The third-order valence-corrected chi connectivity index (χ3v) is 6.95. The second-order valence-corrected chi connectivity index (χ2v) is 9.47. The number of carbonyl (C=O) groups is 1. The molecule has 2 aliphatic rings. The Labute approximate surface area is 177 Å². The Hall–Kier alpha value is -2.07. The molecule has 0 radical (unpaired) electrons. The lowest BCUT2D eigenvalue weighted by molar-refractivity contribution is 0.0513. The number of hydrogen-bond acceptors (Lipinski definition) is 2. The van der Waals surface area contributed by atoms with Gasteiger partial charge < -0.3 is 9.47 Å². The van der Waals surface area contributed by atoms with Crippen molar-refractivity contribution in [3.05, 3.63) is 68.6 Å². The van der Waals surface area contributed by atoms with Gasteiger partial charge in [-0.1, -0.05) is 31.5 Å². The molecule has 2 bridgehead atoms. The summed E-state index contributed by atoms with van der Waals surface area (Å²) in [6.45, 7) is 7.74. The zero-order valence-corrected chi connectivity index (χ0v) is 18.2. The molecule has 0 spiro atoms. The minimum Gasteiger partial charge on any atom is -0.338 e. The Morgan fingerprint density at radius 2 is 2.00 bits per heavy atom.